The van der Waals surface area contributed by atoms with Crippen molar-refractivity contribution < 1.29 is 4.90 Å². The number of hydrogen-bond acceptors (Lipinski definition) is 4. The first-order valence-corrected chi connectivity index (χ1v) is 9.52. The van der Waals surface area contributed by atoms with Crippen molar-refractivity contribution >= 4 is 17.3 Å². The number of aryl methyl sites for hydroxylation is 1. The van der Waals surface area contributed by atoms with Crippen molar-refractivity contribution in [3.05, 3.63) is 34.6 Å². The van der Waals surface area contributed by atoms with Crippen LogP contribution in [-0.4, -0.2) is 46.4 Å². The van der Waals surface area contributed by atoms with Crippen LogP contribution in [0.1, 0.15) is 50.7 Å². The number of hydrogen-bond donors (Lipinski definition) is 1. The number of nitrogens with one attached hydrogen (secondary N) is 1. The summed E-state index contributed by atoms with van der Waals surface area (Å²) in [6.07, 6.45) is 1.04. The number of rotatable bonds is 5. The number of anilines is 1. The molecule has 2 heterocycles. The van der Waals surface area contributed by atoms with Gasteiger partial charge in [0.15, 0.2) is 0 Å². The second-order valence-corrected chi connectivity index (χ2v) is 7.55. The molecule has 1 aromatic carbocycles. The number of aromatic nitrogens is 4. The summed E-state index contributed by atoms with van der Waals surface area (Å²) in [4.78, 5) is 4.01. The lowest BCUT2D eigenvalue weighted by molar-refractivity contribution is -0.933. The molecule has 0 amide bonds. The third-order valence-corrected chi connectivity index (χ3v) is 5.37. The first kappa shape index (κ1) is 18.1. The Hall–Kier alpha value is -1.66. The molecule has 1 aromatic heterocycles. The molecule has 0 aliphatic carbocycles. The highest BCUT2D eigenvalue weighted by Crippen LogP contribution is 2.24. The average molecular weight is 364 g/mol. The number of benzene rings is 1. The maximum Gasteiger partial charge on any atom is 0.209 e. The molecule has 1 aliphatic rings. The van der Waals surface area contributed by atoms with Crippen LogP contribution in [0.3, 0.4) is 0 Å². The summed E-state index contributed by atoms with van der Waals surface area (Å²) in [5, 5.41) is 13.2. The van der Waals surface area contributed by atoms with Crippen LogP contribution < -0.4 is 9.80 Å². The Bertz CT molecular complexity index is 705. The van der Waals surface area contributed by atoms with E-state index < -0.39 is 0 Å². The molecular formula is C18H28ClN6+. The molecule has 1 atom stereocenters. The molecule has 1 fully saturated rings. The zero-order valence-corrected chi connectivity index (χ0v) is 16.3. The lowest BCUT2D eigenvalue weighted by Crippen LogP contribution is -3.15. The molecule has 0 spiro atoms. The van der Waals surface area contributed by atoms with E-state index in [1.165, 1.54) is 11.3 Å². The maximum absolute atomic E-state index is 6.20. The van der Waals surface area contributed by atoms with Gasteiger partial charge < -0.3 is 9.80 Å². The van der Waals surface area contributed by atoms with Crippen LogP contribution in [0.15, 0.2) is 18.2 Å². The smallest absolute Gasteiger partial charge is 0.209 e. The molecule has 1 N–H and O–H groups in total. The Morgan fingerprint density at radius 1 is 1.24 bits per heavy atom. The van der Waals surface area contributed by atoms with Gasteiger partial charge in [-0.25, -0.2) is 4.68 Å². The largest absolute Gasteiger partial charge is 0.360 e. The quantitative estimate of drug-likeness (QED) is 0.883. The van der Waals surface area contributed by atoms with Crippen molar-refractivity contribution in [2.75, 3.05) is 31.1 Å². The third-order valence-electron chi connectivity index (χ3n) is 5.14. The molecule has 1 saturated heterocycles. The topological polar surface area (TPSA) is 51.3 Å². The van der Waals surface area contributed by atoms with Gasteiger partial charge in [0.1, 0.15) is 6.04 Å². The normalized spacial score (nSPS) is 17.3. The molecule has 2 aromatic rings. The summed E-state index contributed by atoms with van der Waals surface area (Å²) < 4.78 is 1.97. The van der Waals surface area contributed by atoms with Gasteiger partial charge in [0.05, 0.1) is 32.2 Å². The Morgan fingerprint density at radius 3 is 2.60 bits per heavy atom. The molecule has 3 rings (SSSR count). The van der Waals surface area contributed by atoms with Crippen molar-refractivity contribution in [2.24, 2.45) is 0 Å². The van der Waals surface area contributed by atoms with Gasteiger partial charge in [0.2, 0.25) is 5.82 Å². The molecule has 0 unspecified atom stereocenters. The molecule has 0 radical (unpaired) electrons. The molecule has 0 bridgehead atoms. The van der Waals surface area contributed by atoms with Gasteiger partial charge in [0, 0.05) is 17.1 Å². The van der Waals surface area contributed by atoms with E-state index in [-0.39, 0.29) is 6.04 Å². The second kappa shape index (κ2) is 7.70. The van der Waals surface area contributed by atoms with Crippen LogP contribution in [-0.2, 0) is 0 Å². The van der Waals surface area contributed by atoms with E-state index >= 15 is 0 Å². The van der Waals surface area contributed by atoms with Crippen LogP contribution in [0.2, 0.25) is 5.02 Å². The highest BCUT2D eigenvalue weighted by atomic mass is 35.5. The monoisotopic (exact) mass is 363 g/mol. The Morgan fingerprint density at radius 2 is 1.96 bits per heavy atom. The first-order valence-electron chi connectivity index (χ1n) is 9.14. The van der Waals surface area contributed by atoms with Gasteiger partial charge in [-0.3, -0.25) is 0 Å². The molecule has 136 valence electrons. The van der Waals surface area contributed by atoms with Gasteiger partial charge >= 0.3 is 0 Å². The summed E-state index contributed by atoms with van der Waals surface area (Å²) in [6.45, 7) is 12.8. The summed E-state index contributed by atoms with van der Waals surface area (Å²) in [7, 11) is 0. The highest BCUT2D eigenvalue weighted by molar-refractivity contribution is 6.30. The van der Waals surface area contributed by atoms with E-state index in [0.717, 1.165) is 43.4 Å². The molecule has 1 aliphatic heterocycles. The van der Waals surface area contributed by atoms with Crippen molar-refractivity contribution in [3.63, 3.8) is 0 Å². The number of quaternary nitrogens is 1. The lowest BCUT2D eigenvalue weighted by Gasteiger charge is -2.37. The summed E-state index contributed by atoms with van der Waals surface area (Å²) >= 11 is 6.20. The third kappa shape index (κ3) is 3.80. The minimum absolute atomic E-state index is 0.286. The van der Waals surface area contributed by atoms with Gasteiger partial charge in [-0.2, -0.15) is 0 Å². The number of tetrazole rings is 1. The SMILES string of the molecule is CC[C@H](c1nnnn1C(C)C)[NH+]1CCN(c2cc(Cl)ccc2C)CC1. The molecule has 25 heavy (non-hydrogen) atoms. The average Bonchev–Trinajstić information content (AvgIpc) is 3.08. The van der Waals surface area contributed by atoms with Crippen LogP contribution >= 0.6 is 11.6 Å². The van der Waals surface area contributed by atoms with E-state index in [1.807, 2.05) is 10.7 Å². The Kier molecular flexibility index (Phi) is 5.59. The van der Waals surface area contributed by atoms with Gasteiger partial charge in [0.25, 0.3) is 0 Å². The van der Waals surface area contributed by atoms with Crippen LogP contribution in [0.5, 0.6) is 0 Å². The second-order valence-electron chi connectivity index (χ2n) is 7.11. The lowest BCUT2D eigenvalue weighted by atomic mass is 10.1. The van der Waals surface area contributed by atoms with Crippen molar-refractivity contribution in [2.45, 2.75) is 46.2 Å². The zero-order valence-electron chi connectivity index (χ0n) is 15.5. The fraction of sp³-hybridized carbons (Fsp3) is 0.611. The fourth-order valence-electron chi connectivity index (χ4n) is 3.76. The summed E-state index contributed by atoms with van der Waals surface area (Å²) in [6, 6.07) is 6.77. The van der Waals surface area contributed by atoms with Gasteiger partial charge in [-0.15, -0.1) is 5.10 Å². The van der Waals surface area contributed by atoms with E-state index in [2.05, 4.69) is 60.3 Å². The van der Waals surface area contributed by atoms with E-state index in [4.69, 9.17) is 11.6 Å². The summed E-state index contributed by atoms with van der Waals surface area (Å²) in [5.74, 6) is 1.01. The summed E-state index contributed by atoms with van der Waals surface area (Å²) in [5.41, 5.74) is 2.54. The number of halogens is 1. The van der Waals surface area contributed by atoms with Gasteiger partial charge in [-0.1, -0.05) is 24.6 Å². The van der Waals surface area contributed by atoms with E-state index in [0.29, 0.717) is 6.04 Å². The highest BCUT2D eigenvalue weighted by Gasteiger charge is 2.32. The predicted molar refractivity (Wildman–Crippen MR) is 100 cm³/mol. The minimum Gasteiger partial charge on any atom is -0.360 e. The van der Waals surface area contributed by atoms with Crippen molar-refractivity contribution in [1.29, 1.82) is 0 Å². The molecule has 6 nitrogen and oxygen atoms in total. The van der Waals surface area contributed by atoms with Crippen molar-refractivity contribution in [3.8, 4) is 0 Å². The minimum atomic E-state index is 0.286. The molecular weight excluding hydrogens is 336 g/mol. The Labute approximate surface area is 154 Å². The zero-order chi connectivity index (χ0) is 18.0. The van der Waals surface area contributed by atoms with E-state index in [1.54, 1.807) is 4.90 Å². The number of nitrogens with zero attached hydrogens (tertiary/aromatic N) is 5. The van der Waals surface area contributed by atoms with Gasteiger partial charge in [-0.05, 0) is 48.9 Å². The van der Waals surface area contributed by atoms with Crippen LogP contribution in [0.25, 0.3) is 0 Å². The molecule has 7 heteroatoms. The number of piperazine rings is 1. The van der Waals surface area contributed by atoms with E-state index in [9.17, 15) is 0 Å². The van der Waals surface area contributed by atoms with Crippen LogP contribution in [0, 0.1) is 6.92 Å². The molecule has 0 saturated carbocycles. The van der Waals surface area contributed by atoms with Crippen molar-refractivity contribution in [1.82, 2.24) is 20.2 Å². The maximum atomic E-state index is 6.20. The fourth-order valence-corrected chi connectivity index (χ4v) is 3.92. The first-order chi connectivity index (χ1) is 12.0. The van der Waals surface area contributed by atoms with Crippen LogP contribution in [0.4, 0.5) is 5.69 Å². The standard InChI is InChI=1S/C18H27ClN6/c1-5-16(18-20-21-22-25(18)13(2)3)23-8-10-24(11-9-23)17-12-15(19)7-6-14(17)4/h6-7,12-13,16H,5,8-11H2,1-4H3/p+1/t16-/m1/s1. The predicted octanol–water partition coefficient (Wildman–Crippen LogP) is 2.07. The Balaban J connectivity index is 1.72.